The summed E-state index contributed by atoms with van der Waals surface area (Å²) in [4.78, 5) is 0. The molecule has 0 bridgehead atoms. The molecule has 3 rings (SSSR count). The van der Waals surface area contributed by atoms with Gasteiger partial charge in [0.05, 0.1) is 23.2 Å². The van der Waals surface area contributed by atoms with Gasteiger partial charge in [0, 0.05) is 6.20 Å². The predicted octanol–water partition coefficient (Wildman–Crippen LogP) is 1.49. The van der Waals surface area contributed by atoms with E-state index >= 15 is 0 Å². The Kier molecular flexibility index (Phi) is 3.98. The largest absolute Gasteiger partial charge is 0.317 e. The second-order valence-electron chi connectivity index (χ2n) is 5.74. The van der Waals surface area contributed by atoms with E-state index in [1.54, 1.807) is 6.20 Å². The van der Waals surface area contributed by atoms with Crippen LogP contribution in [0.5, 0.6) is 0 Å². The summed E-state index contributed by atoms with van der Waals surface area (Å²) in [6.45, 7) is 1.99. The SMILES string of the molecule is O=S(=O)(Nc1cnn(C2CCNCC2)c1)C1CCCC1. The Bertz CT molecular complexity index is 542. The summed E-state index contributed by atoms with van der Waals surface area (Å²) < 4.78 is 29.0. The molecular formula is C13H22N4O2S. The maximum absolute atomic E-state index is 12.2. The number of hydrogen-bond acceptors (Lipinski definition) is 4. The standard InChI is InChI=1S/C13H22N4O2S/c18-20(19,13-3-1-2-4-13)16-11-9-15-17(10-11)12-5-7-14-8-6-12/h9-10,12-14,16H,1-8H2. The molecule has 112 valence electrons. The Morgan fingerprint density at radius 2 is 1.90 bits per heavy atom. The van der Waals surface area contributed by atoms with Crippen molar-refractivity contribution in [2.75, 3.05) is 17.8 Å². The molecule has 0 atom stereocenters. The molecule has 1 saturated carbocycles. The van der Waals surface area contributed by atoms with E-state index in [2.05, 4.69) is 15.1 Å². The van der Waals surface area contributed by atoms with Gasteiger partial charge in [0.25, 0.3) is 0 Å². The molecule has 7 heteroatoms. The van der Waals surface area contributed by atoms with Crippen LogP contribution in [0.25, 0.3) is 0 Å². The Morgan fingerprint density at radius 3 is 2.60 bits per heavy atom. The second kappa shape index (κ2) is 5.73. The molecule has 1 aromatic rings. The molecule has 0 spiro atoms. The van der Waals surface area contributed by atoms with E-state index in [0.29, 0.717) is 11.7 Å². The van der Waals surface area contributed by atoms with Crippen LogP contribution in [0.2, 0.25) is 0 Å². The second-order valence-corrected chi connectivity index (χ2v) is 7.70. The zero-order valence-corrected chi connectivity index (χ0v) is 12.4. The summed E-state index contributed by atoms with van der Waals surface area (Å²) in [6, 6.07) is 0.376. The molecule has 1 aromatic heterocycles. The summed E-state index contributed by atoms with van der Waals surface area (Å²) in [5.41, 5.74) is 0.593. The van der Waals surface area contributed by atoms with Crippen LogP contribution < -0.4 is 10.0 Å². The van der Waals surface area contributed by atoms with Crippen LogP contribution in [0.3, 0.4) is 0 Å². The van der Waals surface area contributed by atoms with Gasteiger partial charge >= 0.3 is 0 Å². The highest BCUT2D eigenvalue weighted by Crippen LogP contribution is 2.26. The van der Waals surface area contributed by atoms with Crippen molar-refractivity contribution >= 4 is 15.7 Å². The van der Waals surface area contributed by atoms with Crippen molar-refractivity contribution in [1.29, 1.82) is 0 Å². The fourth-order valence-corrected chi connectivity index (χ4v) is 4.66. The normalized spacial score (nSPS) is 22.2. The van der Waals surface area contributed by atoms with E-state index in [-0.39, 0.29) is 5.25 Å². The number of aromatic nitrogens is 2. The summed E-state index contributed by atoms with van der Waals surface area (Å²) in [6.07, 6.45) is 9.10. The molecule has 0 aromatic carbocycles. The molecule has 0 unspecified atom stereocenters. The maximum Gasteiger partial charge on any atom is 0.235 e. The lowest BCUT2D eigenvalue weighted by Gasteiger charge is -2.22. The third-order valence-corrected chi connectivity index (χ3v) is 6.15. The Labute approximate surface area is 120 Å². The molecule has 2 heterocycles. The van der Waals surface area contributed by atoms with Crippen LogP contribution in [-0.4, -0.2) is 36.5 Å². The van der Waals surface area contributed by atoms with Gasteiger partial charge in [0.1, 0.15) is 0 Å². The summed E-state index contributed by atoms with van der Waals surface area (Å²) in [5.74, 6) is 0. The number of nitrogens with zero attached hydrogens (tertiary/aromatic N) is 2. The third kappa shape index (κ3) is 2.98. The average Bonchev–Trinajstić information content (AvgIpc) is 3.10. The van der Waals surface area contributed by atoms with Crippen LogP contribution >= 0.6 is 0 Å². The summed E-state index contributed by atoms with van der Waals surface area (Å²) in [5, 5.41) is 7.39. The third-order valence-electron chi connectivity index (χ3n) is 4.29. The summed E-state index contributed by atoms with van der Waals surface area (Å²) in [7, 11) is -3.25. The van der Waals surface area contributed by atoms with Crippen molar-refractivity contribution in [3.8, 4) is 0 Å². The van der Waals surface area contributed by atoms with Crippen LogP contribution in [0, 0.1) is 0 Å². The fourth-order valence-electron chi connectivity index (χ4n) is 3.11. The molecule has 0 radical (unpaired) electrons. The van der Waals surface area contributed by atoms with Crippen molar-refractivity contribution in [3.63, 3.8) is 0 Å². The molecule has 1 aliphatic heterocycles. The van der Waals surface area contributed by atoms with Gasteiger partial charge in [-0.25, -0.2) is 8.42 Å². The number of anilines is 1. The lowest BCUT2D eigenvalue weighted by molar-refractivity contribution is 0.343. The molecular weight excluding hydrogens is 276 g/mol. The minimum absolute atomic E-state index is 0.232. The monoisotopic (exact) mass is 298 g/mol. The molecule has 1 saturated heterocycles. The van der Waals surface area contributed by atoms with Crippen LogP contribution in [0.15, 0.2) is 12.4 Å². The molecule has 1 aliphatic carbocycles. The van der Waals surface area contributed by atoms with E-state index in [1.807, 2.05) is 10.9 Å². The first-order chi connectivity index (χ1) is 9.65. The maximum atomic E-state index is 12.2. The number of sulfonamides is 1. The van der Waals surface area contributed by atoms with E-state index < -0.39 is 10.0 Å². The Balaban J connectivity index is 1.67. The highest BCUT2D eigenvalue weighted by atomic mass is 32.2. The highest BCUT2D eigenvalue weighted by Gasteiger charge is 2.29. The van der Waals surface area contributed by atoms with Gasteiger partial charge in [0.15, 0.2) is 0 Å². The molecule has 2 fully saturated rings. The first-order valence-electron chi connectivity index (χ1n) is 7.42. The smallest absolute Gasteiger partial charge is 0.235 e. The van der Waals surface area contributed by atoms with Gasteiger partial charge in [-0.1, -0.05) is 12.8 Å². The van der Waals surface area contributed by atoms with Gasteiger partial charge in [-0.05, 0) is 38.8 Å². The van der Waals surface area contributed by atoms with Crippen molar-refractivity contribution in [2.45, 2.75) is 49.8 Å². The summed E-state index contributed by atoms with van der Waals surface area (Å²) >= 11 is 0. The molecule has 6 nitrogen and oxygen atoms in total. The minimum atomic E-state index is -3.25. The van der Waals surface area contributed by atoms with E-state index in [1.165, 1.54) is 0 Å². The molecule has 0 amide bonds. The lowest BCUT2D eigenvalue weighted by atomic mass is 10.1. The van der Waals surface area contributed by atoms with E-state index in [0.717, 1.165) is 51.6 Å². The first kappa shape index (κ1) is 13.9. The molecule has 2 N–H and O–H groups in total. The average molecular weight is 298 g/mol. The number of hydrogen-bond donors (Lipinski definition) is 2. The van der Waals surface area contributed by atoms with Crippen molar-refractivity contribution in [3.05, 3.63) is 12.4 Å². The van der Waals surface area contributed by atoms with E-state index in [9.17, 15) is 8.42 Å². The fraction of sp³-hybridized carbons (Fsp3) is 0.769. The highest BCUT2D eigenvalue weighted by molar-refractivity contribution is 7.93. The van der Waals surface area contributed by atoms with Crippen molar-refractivity contribution in [2.24, 2.45) is 0 Å². The zero-order valence-electron chi connectivity index (χ0n) is 11.6. The van der Waals surface area contributed by atoms with Gasteiger partial charge in [-0.3, -0.25) is 9.40 Å². The first-order valence-corrected chi connectivity index (χ1v) is 8.96. The van der Waals surface area contributed by atoms with Crippen molar-refractivity contribution < 1.29 is 8.42 Å². The van der Waals surface area contributed by atoms with Crippen LogP contribution in [-0.2, 0) is 10.0 Å². The Hall–Kier alpha value is -1.08. The van der Waals surface area contributed by atoms with Gasteiger partial charge < -0.3 is 5.32 Å². The van der Waals surface area contributed by atoms with E-state index in [4.69, 9.17) is 0 Å². The minimum Gasteiger partial charge on any atom is -0.317 e. The van der Waals surface area contributed by atoms with Crippen molar-refractivity contribution in [1.82, 2.24) is 15.1 Å². The zero-order chi connectivity index (χ0) is 14.0. The quantitative estimate of drug-likeness (QED) is 0.883. The van der Waals surface area contributed by atoms with Gasteiger partial charge in [-0.15, -0.1) is 0 Å². The Morgan fingerprint density at radius 1 is 1.20 bits per heavy atom. The number of nitrogens with one attached hydrogen (secondary N) is 2. The van der Waals surface area contributed by atoms with Crippen LogP contribution in [0.4, 0.5) is 5.69 Å². The number of rotatable bonds is 4. The van der Waals surface area contributed by atoms with Gasteiger partial charge in [-0.2, -0.15) is 5.10 Å². The molecule has 2 aliphatic rings. The molecule has 20 heavy (non-hydrogen) atoms. The van der Waals surface area contributed by atoms with Crippen LogP contribution in [0.1, 0.15) is 44.6 Å². The lowest BCUT2D eigenvalue weighted by Crippen LogP contribution is -2.29. The number of piperidine rings is 1. The predicted molar refractivity (Wildman–Crippen MR) is 78.2 cm³/mol. The topological polar surface area (TPSA) is 76.0 Å². The van der Waals surface area contributed by atoms with Gasteiger partial charge in [0.2, 0.25) is 10.0 Å².